The van der Waals surface area contributed by atoms with E-state index in [9.17, 15) is 9.59 Å². The smallest absolute Gasteiger partial charge is 0.251 e. The molecule has 1 amide bonds. The number of methoxy groups -OCH3 is 1. The standard InChI is InChI=1S/C21H25N3O3S/c1-13(2)10-18(21-22-8-9-28-21)23-19(25)7-5-15-11-14-4-6-16(27-3)12-17(14)24-20(15)26/h4,6,8-9,11-13,18H,5,7,10H2,1-3H3,(H,23,25)(H,24,26). The molecule has 0 aliphatic carbocycles. The number of fused-ring (bicyclic) bond motifs is 1. The number of hydrogen-bond donors (Lipinski definition) is 2. The van der Waals surface area contributed by atoms with Crippen molar-refractivity contribution >= 4 is 28.1 Å². The summed E-state index contributed by atoms with van der Waals surface area (Å²) in [5, 5.41) is 6.82. The van der Waals surface area contributed by atoms with Gasteiger partial charge in [0.2, 0.25) is 5.91 Å². The van der Waals surface area contributed by atoms with Gasteiger partial charge in [0.05, 0.1) is 18.7 Å². The highest BCUT2D eigenvalue weighted by molar-refractivity contribution is 7.09. The van der Waals surface area contributed by atoms with Crippen LogP contribution in [0.2, 0.25) is 0 Å². The summed E-state index contributed by atoms with van der Waals surface area (Å²) in [5.41, 5.74) is 1.15. The van der Waals surface area contributed by atoms with Gasteiger partial charge in [0.25, 0.3) is 5.56 Å². The molecule has 1 unspecified atom stereocenters. The maximum atomic E-state index is 12.5. The Morgan fingerprint density at radius 2 is 2.14 bits per heavy atom. The molecular weight excluding hydrogens is 374 g/mol. The van der Waals surface area contributed by atoms with E-state index in [2.05, 4.69) is 29.1 Å². The second kappa shape index (κ2) is 9.01. The Kier molecular flexibility index (Phi) is 6.46. The Bertz CT molecular complexity index is 996. The minimum absolute atomic E-state index is 0.0740. The summed E-state index contributed by atoms with van der Waals surface area (Å²) in [5.74, 6) is 1.05. The predicted molar refractivity (Wildman–Crippen MR) is 112 cm³/mol. The summed E-state index contributed by atoms with van der Waals surface area (Å²) in [7, 11) is 1.59. The van der Waals surface area contributed by atoms with E-state index in [1.54, 1.807) is 30.7 Å². The van der Waals surface area contributed by atoms with E-state index in [4.69, 9.17) is 4.74 Å². The lowest BCUT2D eigenvalue weighted by molar-refractivity contribution is -0.121. The quantitative estimate of drug-likeness (QED) is 0.603. The van der Waals surface area contributed by atoms with Crippen LogP contribution in [0.4, 0.5) is 0 Å². The third kappa shape index (κ3) is 4.98. The molecule has 6 nitrogen and oxygen atoms in total. The average molecular weight is 400 g/mol. The van der Waals surface area contributed by atoms with Gasteiger partial charge in [-0.3, -0.25) is 9.59 Å². The summed E-state index contributed by atoms with van der Waals surface area (Å²) in [4.78, 5) is 32.1. The van der Waals surface area contributed by atoms with Gasteiger partial charge in [-0.2, -0.15) is 0 Å². The van der Waals surface area contributed by atoms with Crippen LogP contribution >= 0.6 is 11.3 Å². The molecular formula is C21H25N3O3S. The van der Waals surface area contributed by atoms with Gasteiger partial charge in [0.1, 0.15) is 10.8 Å². The highest BCUT2D eigenvalue weighted by atomic mass is 32.1. The molecule has 3 aromatic rings. The SMILES string of the molecule is COc1ccc2cc(CCC(=O)NC(CC(C)C)c3nccs3)c(=O)[nH]c2c1. The molecule has 0 saturated carbocycles. The normalized spacial score (nSPS) is 12.3. The van der Waals surface area contributed by atoms with Crippen molar-refractivity contribution in [3.63, 3.8) is 0 Å². The Balaban J connectivity index is 1.68. The van der Waals surface area contributed by atoms with Crippen LogP contribution in [0.25, 0.3) is 10.9 Å². The van der Waals surface area contributed by atoms with Crippen molar-refractivity contribution in [2.45, 2.75) is 39.2 Å². The lowest BCUT2D eigenvalue weighted by atomic mass is 10.0. The van der Waals surface area contributed by atoms with Crippen LogP contribution in [0.15, 0.2) is 40.6 Å². The number of rotatable bonds is 8. The monoisotopic (exact) mass is 399 g/mol. The van der Waals surface area contributed by atoms with E-state index in [-0.39, 0.29) is 23.9 Å². The zero-order chi connectivity index (χ0) is 20.1. The topological polar surface area (TPSA) is 84.1 Å². The van der Waals surface area contributed by atoms with Crippen LogP contribution in [0, 0.1) is 5.92 Å². The number of nitrogens with zero attached hydrogens (tertiary/aromatic N) is 1. The first-order valence-electron chi connectivity index (χ1n) is 9.35. The zero-order valence-electron chi connectivity index (χ0n) is 16.3. The molecule has 0 aliphatic rings. The molecule has 0 fully saturated rings. The summed E-state index contributed by atoms with van der Waals surface area (Å²) < 4.78 is 5.19. The molecule has 1 atom stereocenters. The Morgan fingerprint density at radius 1 is 1.32 bits per heavy atom. The number of amides is 1. The predicted octanol–water partition coefficient (Wildman–Crippen LogP) is 3.83. The van der Waals surface area contributed by atoms with E-state index in [1.807, 2.05) is 23.6 Å². The Morgan fingerprint density at radius 3 is 2.82 bits per heavy atom. The zero-order valence-corrected chi connectivity index (χ0v) is 17.1. The van der Waals surface area contributed by atoms with Gasteiger partial charge in [-0.25, -0.2) is 4.98 Å². The molecule has 0 spiro atoms. The van der Waals surface area contributed by atoms with Crippen LogP contribution in [0.1, 0.15) is 43.3 Å². The van der Waals surface area contributed by atoms with Gasteiger partial charge in [-0.15, -0.1) is 11.3 Å². The van der Waals surface area contributed by atoms with Crippen LogP contribution in [0.5, 0.6) is 5.75 Å². The van der Waals surface area contributed by atoms with Crippen LogP contribution in [-0.4, -0.2) is 23.0 Å². The maximum absolute atomic E-state index is 12.5. The fourth-order valence-electron chi connectivity index (χ4n) is 3.15. The molecule has 7 heteroatoms. The first-order chi connectivity index (χ1) is 13.5. The van der Waals surface area contributed by atoms with E-state index >= 15 is 0 Å². The number of ether oxygens (including phenoxy) is 1. The van der Waals surface area contributed by atoms with Crippen molar-refractivity contribution in [3.8, 4) is 5.75 Å². The molecule has 3 rings (SSSR count). The van der Waals surface area contributed by atoms with Gasteiger partial charge in [0.15, 0.2) is 0 Å². The molecule has 0 saturated heterocycles. The minimum atomic E-state index is -0.174. The fourth-order valence-corrected chi connectivity index (χ4v) is 3.85. The van der Waals surface area contributed by atoms with E-state index in [1.165, 1.54) is 0 Å². The molecule has 0 bridgehead atoms. The lowest BCUT2D eigenvalue weighted by Gasteiger charge is -2.18. The van der Waals surface area contributed by atoms with Crippen LogP contribution < -0.4 is 15.6 Å². The van der Waals surface area contributed by atoms with Crippen molar-refractivity contribution in [1.82, 2.24) is 15.3 Å². The Hall–Kier alpha value is -2.67. The van der Waals surface area contributed by atoms with Gasteiger partial charge in [0, 0.05) is 29.6 Å². The molecule has 0 aliphatic heterocycles. The van der Waals surface area contributed by atoms with Gasteiger partial charge < -0.3 is 15.0 Å². The van der Waals surface area contributed by atoms with Crippen LogP contribution in [0.3, 0.4) is 0 Å². The van der Waals surface area contributed by atoms with Crippen molar-refractivity contribution in [2.75, 3.05) is 7.11 Å². The number of nitrogens with one attached hydrogen (secondary N) is 2. The molecule has 1 aromatic carbocycles. The number of pyridine rings is 1. The molecule has 148 valence electrons. The van der Waals surface area contributed by atoms with Gasteiger partial charge in [-0.05, 0) is 42.3 Å². The minimum Gasteiger partial charge on any atom is -0.497 e. The number of aromatic nitrogens is 2. The number of H-pyrrole nitrogens is 1. The number of carbonyl (C=O) groups is 1. The van der Waals surface area contributed by atoms with Crippen molar-refractivity contribution < 1.29 is 9.53 Å². The first-order valence-corrected chi connectivity index (χ1v) is 10.2. The summed E-state index contributed by atoms with van der Waals surface area (Å²) in [6.07, 6.45) is 3.22. The molecule has 28 heavy (non-hydrogen) atoms. The van der Waals surface area contributed by atoms with Gasteiger partial charge >= 0.3 is 0 Å². The number of aromatic amines is 1. The third-order valence-corrected chi connectivity index (χ3v) is 5.43. The van der Waals surface area contributed by atoms with E-state index in [0.717, 1.165) is 22.3 Å². The number of benzene rings is 1. The van der Waals surface area contributed by atoms with E-state index < -0.39 is 0 Å². The van der Waals surface area contributed by atoms with Gasteiger partial charge in [-0.1, -0.05) is 13.8 Å². The molecule has 2 heterocycles. The molecule has 2 N–H and O–H groups in total. The fraction of sp³-hybridized carbons (Fsp3) is 0.381. The third-order valence-electron chi connectivity index (χ3n) is 4.54. The highest BCUT2D eigenvalue weighted by Crippen LogP contribution is 2.23. The Labute approximate surface area is 168 Å². The van der Waals surface area contributed by atoms with Crippen molar-refractivity contribution in [2.24, 2.45) is 5.92 Å². The highest BCUT2D eigenvalue weighted by Gasteiger charge is 2.18. The summed E-state index contributed by atoms with van der Waals surface area (Å²) >= 11 is 1.55. The second-order valence-electron chi connectivity index (χ2n) is 7.20. The number of hydrogen-bond acceptors (Lipinski definition) is 5. The maximum Gasteiger partial charge on any atom is 0.251 e. The molecule has 0 radical (unpaired) electrons. The van der Waals surface area contributed by atoms with E-state index in [0.29, 0.717) is 23.7 Å². The molecule has 2 aromatic heterocycles. The van der Waals surface area contributed by atoms with Crippen molar-refractivity contribution in [3.05, 3.63) is 56.8 Å². The summed E-state index contributed by atoms with van der Waals surface area (Å²) in [6.45, 7) is 4.24. The largest absolute Gasteiger partial charge is 0.497 e. The summed E-state index contributed by atoms with van der Waals surface area (Å²) in [6, 6.07) is 7.29. The second-order valence-corrected chi connectivity index (χ2v) is 8.12. The number of carbonyl (C=O) groups excluding carboxylic acids is 1. The lowest BCUT2D eigenvalue weighted by Crippen LogP contribution is -2.30. The average Bonchev–Trinajstić information content (AvgIpc) is 3.19. The number of thiazole rings is 1. The van der Waals surface area contributed by atoms with Crippen LogP contribution in [-0.2, 0) is 11.2 Å². The van der Waals surface area contributed by atoms with Crippen molar-refractivity contribution in [1.29, 1.82) is 0 Å². The number of aryl methyl sites for hydroxylation is 1. The first kappa shape index (κ1) is 20.1.